The molecule has 4 rings (SSSR count). The first kappa shape index (κ1) is 22.9. The lowest BCUT2D eigenvalue weighted by Crippen LogP contribution is -2.46. The van der Waals surface area contributed by atoms with Crippen molar-refractivity contribution in [2.24, 2.45) is 0 Å². The van der Waals surface area contributed by atoms with E-state index in [1.807, 2.05) is 6.92 Å². The number of carbonyl (C=O) groups excluding carboxylic acids is 3. The van der Waals surface area contributed by atoms with E-state index < -0.39 is 40.2 Å². The van der Waals surface area contributed by atoms with Crippen LogP contribution in [0, 0.1) is 0 Å². The largest absolute Gasteiger partial charge is 0.507 e. The highest BCUT2D eigenvalue weighted by molar-refractivity contribution is 6.31. The van der Waals surface area contributed by atoms with E-state index in [2.05, 4.69) is 0 Å². The van der Waals surface area contributed by atoms with Gasteiger partial charge in [-0.3, -0.25) is 14.4 Å². The topological polar surface area (TPSA) is 141 Å². The summed E-state index contributed by atoms with van der Waals surface area (Å²) in [7, 11) is 0. The van der Waals surface area contributed by atoms with Crippen LogP contribution in [0.5, 0.6) is 17.2 Å². The van der Waals surface area contributed by atoms with E-state index >= 15 is 0 Å². The zero-order valence-electron chi connectivity index (χ0n) is 18.3. The third-order valence-corrected chi connectivity index (χ3v) is 6.53. The monoisotopic (exact) mass is 454 g/mol. The quantitative estimate of drug-likeness (QED) is 0.315. The summed E-state index contributed by atoms with van der Waals surface area (Å²) in [6, 6.07) is 4.02. The highest BCUT2D eigenvalue weighted by atomic mass is 16.5. The maximum atomic E-state index is 13.1. The number of benzene rings is 2. The van der Waals surface area contributed by atoms with Crippen molar-refractivity contribution in [2.75, 3.05) is 13.2 Å². The molecule has 8 heteroatoms. The predicted octanol–water partition coefficient (Wildman–Crippen LogP) is 2.57. The van der Waals surface area contributed by atoms with Crippen molar-refractivity contribution in [3.8, 4) is 17.2 Å². The lowest BCUT2D eigenvalue weighted by atomic mass is 9.73. The fraction of sp³-hybridized carbons (Fsp3) is 0.400. The number of phenolic OH excluding ortho intramolecular Hbond substituents is 3. The Bertz CT molecular complexity index is 1170. The van der Waals surface area contributed by atoms with Crippen molar-refractivity contribution in [1.29, 1.82) is 0 Å². The Morgan fingerprint density at radius 1 is 1.00 bits per heavy atom. The van der Waals surface area contributed by atoms with Crippen LogP contribution in [0.25, 0.3) is 0 Å². The third-order valence-electron chi connectivity index (χ3n) is 6.53. The second kappa shape index (κ2) is 8.61. The Morgan fingerprint density at radius 3 is 2.42 bits per heavy atom. The first-order valence-corrected chi connectivity index (χ1v) is 11.1. The van der Waals surface area contributed by atoms with Crippen molar-refractivity contribution in [3.05, 3.63) is 51.6 Å². The number of hydrogen-bond acceptors (Lipinski definition) is 8. The summed E-state index contributed by atoms with van der Waals surface area (Å²) in [6.07, 6.45) is 2.44. The summed E-state index contributed by atoms with van der Waals surface area (Å²) in [5.41, 5.74) is -2.65. The van der Waals surface area contributed by atoms with Crippen molar-refractivity contribution in [2.45, 2.75) is 51.0 Å². The number of Topliss-reactive ketones (excluding diaryl/α,β-unsaturated/α-hetero) is 1. The van der Waals surface area contributed by atoms with E-state index in [-0.39, 0.29) is 59.3 Å². The molecule has 0 radical (unpaired) electrons. The van der Waals surface area contributed by atoms with Gasteiger partial charge < -0.3 is 25.2 Å². The van der Waals surface area contributed by atoms with Crippen LogP contribution in [0.15, 0.2) is 18.2 Å². The van der Waals surface area contributed by atoms with Gasteiger partial charge in [0.05, 0.1) is 16.7 Å². The number of fused-ring (bicyclic) bond motifs is 3. The molecular weight excluding hydrogens is 428 g/mol. The fourth-order valence-electron chi connectivity index (χ4n) is 4.66. The lowest BCUT2D eigenvalue weighted by molar-refractivity contribution is -0.143. The molecule has 0 bridgehead atoms. The van der Waals surface area contributed by atoms with E-state index in [0.29, 0.717) is 6.61 Å². The summed E-state index contributed by atoms with van der Waals surface area (Å²) in [4.78, 5) is 38.9. The first-order valence-electron chi connectivity index (χ1n) is 11.1. The summed E-state index contributed by atoms with van der Waals surface area (Å²) in [5.74, 6) is -3.46. The minimum Gasteiger partial charge on any atom is -0.507 e. The summed E-state index contributed by atoms with van der Waals surface area (Å²) in [5, 5.41) is 43.0. The SMILES string of the molecule is CCCCCOCC(=O)[C@@]1(O)CCc2c(O)c3c(c(O)c2C1)C(=O)c1cccc(O)c1C3=O. The summed E-state index contributed by atoms with van der Waals surface area (Å²) < 4.78 is 5.39. The van der Waals surface area contributed by atoms with Crippen molar-refractivity contribution < 1.29 is 39.5 Å². The molecule has 0 saturated carbocycles. The van der Waals surface area contributed by atoms with Crippen LogP contribution < -0.4 is 0 Å². The van der Waals surface area contributed by atoms with E-state index in [9.17, 15) is 34.8 Å². The van der Waals surface area contributed by atoms with Crippen LogP contribution in [0.4, 0.5) is 0 Å². The molecule has 0 saturated heterocycles. The van der Waals surface area contributed by atoms with Gasteiger partial charge in [-0.1, -0.05) is 31.9 Å². The standard InChI is InChI=1S/C25H26O8/c1-2-3-4-10-33-12-17(27)25(32)9-8-13-15(11-25)23(30)19-20(21(13)28)24(31)18-14(22(19)29)6-5-7-16(18)26/h5-7,26,28,30,32H,2-4,8-12H2,1H3/t25-/m1/s1. The smallest absolute Gasteiger partial charge is 0.202 e. The van der Waals surface area contributed by atoms with Gasteiger partial charge in [-0.15, -0.1) is 0 Å². The molecule has 2 aromatic rings. The van der Waals surface area contributed by atoms with Gasteiger partial charge in [0.15, 0.2) is 11.6 Å². The van der Waals surface area contributed by atoms with Gasteiger partial charge in [-0.25, -0.2) is 0 Å². The number of hydrogen-bond donors (Lipinski definition) is 4. The van der Waals surface area contributed by atoms with Crippen LogP contribution in [0.3, 0.4) is 0 Å². The highest BCUT2D eigenvalue weighted by Gasteiger charge is 2.45. The number of phenols is 3. The molecule has 4 N–H and O–H groups in total. The molecule has 33 heavy (non-hydrogen) atoms. The van der Waals surface area contributed by atoms with Crippen LogP contribution >= 0.6 is 0 Å². The van der Waals surface area contributed by atoms with Gasteiger partial charge in [0.1, 0.15) is 29.5 Å². The number of aromatic hydroxyl groups is 3. The number of ketones is 3. The zero-order valence-corrected chi connectivity index (χ0v) is 18.3. The second-order valence-corrected chi connectivity index (χ2v) is 8.65. The molecule has 0 aliphatic heterocycles. The average molecular weight is 454 g/mol. The Labute approximate surface area is 190 Å². The van der Waals surface area contributed by atoms with Gasteiger partial charge in [0.2, 0.25) is 5.78 Å². The number of rotatable bonds is 7. The van der Waals surface area contributed by atoms with Crippen molar-refractivity contribution in [1.82, 2.24) is 0 Å². The average Bonchev–Trinajstić information content (AvgIpc) is 2.79. The highest BCUT2D eigenvalue weighted by Crippen LogP contribution is 2.48. The summed E-state index contributed by atoms with van der Waals surface area (Å²) in [6.45, 7) is 2.17. The number of unbranched alkanes of at least 4 members (excludes halogenated alkanes) is 2. The maximum Gasteiger partial charge on any atom is 0.202 e. The van der Waals surface area contributed by atoms with Crippen molar-refractivity contribution in [3.63, 3.8) is 0 Å². The van der Waals surface area contributed by atoms with E-state index in [1.54, 1.807) is 0 Å². The Morgan fingerprint density at radius 2 is 1.70 bits per heavy atom. The molecule has 2 aromatic carbocycles. The number of carbonyl (C=O) groups is 3. The zero-order chi connectivity index (χ0) is 23.9. The minimum absolute atomic E-state index is 0.00911. The predicted molar refractivity (Wildman–Crippen MR) is 117 cm³/mol. The lowest BCUT2D eigenvalue weighted by Gasteiger charge is -2.34. The van der Waals surface area contributed by atoms with Crippen molar-refractivity contribution >= 4 is 17.3 Å². The van der Waals surface area contributed by atoms with E-state index in [1.165, 1.54) is 18.2 Å². The molecule has 0 aromatic heterocycles. The van der Waals surface area contributed by atoms with E-state index in [4.69, 9.17) is 4.74 Å². The molecule has 0 amide bonds. The van der Waals surface area contributed by atoms with Gasteiger partial charge in [0, 0.05) is 29.7 Å². The van der Waals surface area contributed by atoms with Gasteiger partial charge >= 0.3 is 0 Å². The Kier molecular flexibility index (Phi) is 5.99. The first-order chi connectivity index (χ1) is 15.7. The fourth-order valence-corrected chi connectivity index (χ4v) is 4.66. The second-order valence-electron chi connectivity index (χ2n) is 8.65. The number of aliphatic hydroxyl groups is 1. The van der Waals surface area contributed by atoms with Gasteiger partial charge in [-0.05, 0) is 25.3 Å². The van der Waals surface area contributed by atoms with Crippen LogP contribution in [-0.2, 0) is 22.4 Å². The molecule has 0 fully saturated rings. The van der Waals surface area contributed by atoms with Gasteiger partial charge in [0.25, 0.3) is 0 Å². The number of ether oxygens (including phenoxy) is 1. The molecule has 2 aliphatic carbocycles. The third kappa shape index (κ3) is 3.69. The molecule has 0 heterocycles. The minimum atomic E-state index is -1.83. The molecular formula is C25H26O8. The molecule has 0 spiro atoms. The van der Waals surface area contributed by atoms with Gasteiger partial charge in [-0.2, -0.15) is 0 Å². The molecule has 1 atom stereocenters. The Hall–Kier alpha value is -3.23. The normalized spacial score (nSPS) is 19.1. The summed E-state index contributed by atoms with van der Waals surface area (Å²) >= 11 is 0. The molecule has 2 aliphatic rings. The van der Waals surface area contributed by atoms with Crippen LogP contribution in [-0.4, -0.2) is 56.6 Å². The molecule has 0 unspecified atom stereocenters. The molecule has 8 nitrogen and oxygen atoms in total. The molecule has 174 valence electrons. The van der Waals surface area contributed by atoms with Crippen LogP contribution in [0.2, 0.25) is 0 Å². The Balaban J connectivity index is 1.69. The van der Waals surface area contributed by atoms with E-state index in [0.717, 1.165) is 19.3 Å². The maximum absolute atomic E-state index is 13.1. The van der Waals surface area contributed by atoms with Crippen LogP contribution in [0.1, 0.15) is 75.6 Å².